The third-order valence-electron chi connectivity index (χ3n) is 1.20. The van der Waals surface area contributed by atoms with Crippen molar-refractivity contribution in [3.05, 3.63) is 20.8 Å². The van der Waals surface area contributed by atoms with Crippen LogP contribution in [0.3, 0.4) is 0 Å². The monoisotopic (exact) mass is 272 g/mol. The summed E-state index contributed by atoms with van der Waals surface area (Å²) in [6.07, 6.45) is -4.86. The van der Waals surface area contributed by atoms with E-state index in [1.807, 2.05) is 0 Å². The van der Waals surface area contributed by atoms with Gasteiger partial charge < -0.3 is 15.5 Å². The number of ether oxygens (including phenoxy) is 1. The number of hydrogen-bond donors (Lipinski definition) is 2. The highest BCUT2D eigenvalue weighted by Gasteiger charge is 2.31. The van der Waals surface area contributed by atoms with Crippen molar-refractivity contribution in [2.24, 2.45) is 0 Å². The Kier molecular flexibility index (Phi) is 2.74. The van der Waals surface area contributed by atoms with Gasteiger partial charge in [-0.05, 0) is 15.9 Å². The van der Waals surface area contributed by atoms with Crippen molar-refractivity contribution in [1.29, 1.82) is 0 Å². The van der Waals surface area contributed by atoms with Crippen molar-refractivity contribution in [3.8, 4) is 5.88 Å². The number of rotatable bonds is 1. The van der Waals surface area contributed by atoms with Gasteiger partial charge in [-0.1, -0.05) is 0 Å². The Labute approximate surface area is 84.0 Å². The summed E-state index contributed by atoms with van der Waals surface area (Å²) >= 11 is 2.79. The van der Waals surface area contributed by atoms with Crippen molar-refractivity contribution in [1.82, 2.24) is 4.98 Å². The average molecular weight is 273 g/mol. The zero-order chi connectivity index (χ0) is 10.9. The fourth-order valence-electron chi connectivity index (χ4n) is 0.719. The maximum absolute atomic E-state index is 11.7. The lowest BCUT2D eigenvalue weighted by molar-refractivity contribution is -0.276. The molecule has 1 aromatic heterocycles. The van der Waals surface area contributed by atoms with Gasteiger partial charge in [0.1, 0.15) is 10.3 Å². The fourth-order valence-corrected chi connectivity index (χ4v) is 0.932. The highest BCUT2D eigenvalue weighted by molar-refractivity contribution is 9.10. The van der Waals surface area contributed by atoms with Crippen LogP contribution in [0.5, 0.6) is 5.88 Å². The van der Waals surface area contributed by atoms with E-state index in [1.54, 1.807) is 0 Å². The Morgan fingerprint density at radius 1 is 1.50 bits per heavy atom. The van der Waals surface area contributed by atoms with Gasteiger partial charge >= 0.3 is 6.36 Å². The summed E-state index contributed by atoms with van der Waals surface area (Å²) in [7, 11) is 0. The summed E-state index contributed by atoms with van der Waals surface area (Å²) in [4.78, 5) is 13.0. The Balaban J connectivity index is 3.08. The van der Waals surface area contributed by atoms with Crippen molar-refractivity contribution >= 4 is 21.7 Å². The number of anilines is 1. The summed E-state index contributed by atoms with van der Waals surface area (Å²) < 4.78 is 38.6. The SMILES string of the molecule is Nc1[nH]c(OC(F)(F)F)cc(=O)c1Br. The lowest BCUT2D eigenvalue weighted by Crippen LogP contribution is -2.20. The molecule has 0 bridgehead atoms. The summed E-state index contributed by atoms with van der Waals surface area (Å²) in [6.45, 7) is 0. The molecule has 78 valence electrons. The average Bonchev–Trinajstić information content (AvgIpc) is 1.96. The van der Waals surface area contributed by atoms with E-state index in [4.69, 9.17) is 5.73 Å². The van der Waals surface area contributed by atoms with Crippen LogP contribution in [0.15, 0.2) is 15.3 Å². The molecule has 14 heavy (non-hydrogen) atoms. The number of halogens is 4. The molecule has 0 radical (unpaired) electrons. The van der Waals surface area contributed by atoms with Crippen LogP contribution in [0.25, 0.3) is 0 Å². The molecule has 0 spiro atoms. The molecular formula is C6H4BrF3N2O2. The standard InChI is InChI=1S/C6H4BrF3N2O2/c7-4-2(13)1-3(12-5(4)11)14-6(8,9)10/h1H,(H3,11,12,13). The number of H-pyrrole nitrogens is 1. The number of hydrogen-bond acceptors (Lipinski definition) is 3. The van der Waals surface area contributed by atoms with Crippen LogP contribution in [0.4, 0.5) is 19.0 Å². The largest absolute Gasteiger partial charge is 0.574 e. The maximum atomic E-state index is 11.7. The Morgan fingerprint density at radius 2 is 2.07 bits per heavy atom. The molecule has 0 aliphatic heterocycles. The maximum Gasteiger partial charge on any atom is 0.574 e. The van der Waals surface area contributed by atoms with Crippen molar-refractivity contribution in [2.45, 2.75) is 6.36 Å². The summed E-state index contributed by atoms with van der Waals surface area (Å²) in [5.41, 5.74) is 4.50. The first kappa shape index (κ1) is 10.9. The molecule has 0 aliphatic rings. The first-order valence-electron chi connectivity index (χ1n) is 3.23. The lowest BCUT2D eigenvalue weighted by Gasteiger charge is -2.09. The molecule has 0 unspecified atom stereocenters. The molecule has 1 aromatic rings. The zero-order valence-corrected chi connectivity index (χ0v) is 8.07. The van der Waals surface area contributed by atoms with E-state index in [2.05, 4.69) is 25.7 Å². The van der Waals surface area contributed by atoms with Gasteiger partial charge in [-0.3, -0.25) is 4.79 Å². The van der Waals surface area contributed by atoms with Gasteiger partial charge in [0, 0.05) is 6.07 Å². The second kappa shape index (κ2) is 3.52. The molecule has 0 amide bonds. The molecule has 1 heterocycles. The third kappa shape index (κ3) is 2.66. The Morgan fingerprint density at radius 3 is 2.50 bits per heavy atom. The summed E-state index contributed by atoms with van der Waals surface area (Å²) in [6, 6.07) is 0.647. The predicted molar refractivity (Wildman–Crippen MR) is 45.9 cm³/mol. The van der Waals surface area contributed by atoms with Crippen LogP contribution in [0.2, 0.25) is 0 Å². The number of nitrogen functional groups attached to an aromatic ring is 1. The minimum atomic E-state index is -4.86. The van der Waals surface area contributed by atoms with Gasteiger partial charge in [-0.15, -0.1) is 13.2 Å². The first-order valence-corrected chi connectivity index (χ1v) is 4.03. The summed E-state index contributed by atoms with van der Waals surface area (Å²) in [5.74, 6) is -0.972. The lowest BCUT2D eigenvalue weighted by atomic mass is 10.4. The van der Waals surface area contributed by atoms with Gasteiger partial charge in [0.05, 0.1) is 0 Å². The number of aromatic nitrogens is 1. The highest BCUT2D eigenvalue weighted by atomic mass is 79.9. The second-order valence-electron chi connectivity index (χ2n) is 2.27. The number of nitrogens with two attached hydrogens (primary N) is 1. The molecule has 0 saturated heterocycles. The van der Waals surface area contributed by atoms with Crippen molar-refractivity contribution in [2.75, 3.05) is 5.73 Å². The summed E-state index contributed by atoms with van der Waals surface area (Å²) in [5, 5.41) is 0. The van der Waals surface area contributed by atoms with Gasteiger partial charge in [-0.2, -0.15) is 0 Å². The second-order valence-corrected chi connectivity index (χ2v) is 3.07. The van der Waals surface area contributed by atoms with Gasteiger partial charge in [-0.25, -0.2) is 0 Å². The number of aromatic amines is 1. The molecule has 0 aliphatic carbocycles. The van der Waals surface area contributed by atoms with Gasteiger partial charge in [0.25, 0.3) is 0 Å². The zero-order valence-electron chi connectivity index (χ0n) is 6.48. The highest BCUT2D eigenvalue weighted by Crippen LogP contribution is 2.22. The van der Waals surface area contributed by atoms with E-state index < -0.39 is 17.7 Å². The minimum Gasteiger partial charge on any atom is -0.390 e. The minimum absolute atomic E-state index is 0.0352. The van der Waals surface area contributed by atoms with Crippen LogP contribution in [-0.2, 0) is 0 Å². The molecule has 3 N–H and O–H groups in total. The van der Waals surface area contributed by atoms with Gasteiger partial charge in [0.15, 0.2) is 0 Å². The van der Waals surface area contributed by atoms with E-state index >= 15 is 0 Å². The van der Waals surface area contributed by atoms with E-state index in [9.17, 15) is 18.0 Å². The topological polar surface area (TPSA) is 68.1 Å². The molecule has 0 fully saturated rings. The van der Waals surface area contributed by atoms with Crippen LogP contribution in [-0.4, -0.2) is 11.3 Å². The number of alkyl halides is 3. The van der Waals surface area contributed by atoms with Crippen molar-refractivity contribution < 1.29 is 17.9 Å². The van der Waals surface area contributed by atoms with Crippen LogP contribution < -0.4 is 15.9 Å². The van der Waals surface area contributed by atoms with Crippen molar-refractivity contribution in [3.63, 3.8) is 0 Å². The normalized spacial score (nSPS) is 11.4. The fraction of sp³-hybridized carbons (Fsp3) is 0.167. The molecule has 1 rings (SSSR count). The van der Waals surface area contributed by atoms with Gasteiger partial charge in [0.2, 0.25) is 11.3 Å². The predicted octanol–water partition coefficient (Wildman–Crippen LogP) is 1.62. The molecule has 0 atom stereocenters. The van der Waals surface area contributed by atoms with E-state index in [1.165, 1.54) is 0 Å². The van der Waals surface area contributed by atoms with E-state index in [0.717, 1.165) is 0 Å². The Hall–Kier alpha value is -1.18. The molecule has 4 nitrogen and oxygen atoms in total. The first-order chi connectivity index (χ1) is 6.29. The molecule has 8 heteroatoms. The van der Waals surface area contributed by atoms with Crippen LogP contribution >= 0.6 is 15.9 Å². The molecular weight excluding hydrogens is 269 g/mol. The number of nitrogens with one attached hydrogen (secondary N) is 1. The third-order valence-corrected chi connectivity index (χ3v) is 2.02. The van der Waals surface area contributed by atoms with Crippen LogP contribution in [0.1, 0.15) is 0 Å². The number of pyridine rings is 1. The molecule has 0 saturated carbocycles. The smallest absolute Gasteiger partial charge is 0.390 e. The van der Waals surface area contributed by atoms with E-state index in [-0.39, 0.29) is 10.3 Å². The Bertz CT molecular complexity index is 401. The van der Waals surface area contributed by atoms with E-state index in [0.29, 0.717) is 6.07 Å². The van der Waals surface area contributed by atoms with Crippen LogP contribution in [0, 0.1) is 0 Å². The molecule has 0 aromatic carbocycles. The quantitative estimate of drug-likeness (QED) is 0.816.